The second-order valence-corrected chi connectivity index (χ2v) is 12.0. The number of nitrogens with one attached hydrogen (secondary N) is 3. The number of anilines is 2. The van der Waals surface area contributed by atoms with Crippen LogP contribution in [-0.4, -0.2) is 44.6 Å². The van der Waals surface area contributed by atoms with Gasteiger partial charge in [0.1, 0.15) is 11.4 Å². The number of hydrogen-bond acceptors (Lipinski definition) is 9. The predicted octanol–water partition coefficient (Wildman–Crippen LogP) is 5.58. The first-order chi connectivity index (χ1) is 21.1. The number of thioether (sulfide) groups is 1. The molecule has 4 aromatic rings. The molecule has 226 valence electrons. The topological polar surface area (TPSA) is 157 Å². The second kappa shape index (κ2) is 14.8. The van der Waals surface area contributed by atoms with Gasteiger partial charge in [-0.25, -0.2) is 13.1 Å². The summed E-state index contributed by atoms with van der Waals surface area (Å²) in [6.45, 7) is 0.401. The summed E-state index contributed by atoms with van der Waals surface area (Å²) < 4.78 is 32.9. The highest BCUT2D eigenvalue weighted by molar-refractivity contribution is 7.99. The smallest absolute Gasteiger partial charge is 0.293 e. The van der Waals surface area contributed by atoms with Gasteiger partial charge in [0.05, 0.1) is 16.9 Å². The molecule has 0 saturated carbocycles. The van der Waals surface area contributed by atoms with Crippen LogP contribution in [0.5, 0.6) is 5.75 Å². The molecular formula is C31H28N4O7S2. The minimum atomic E-state index is -4.43. The Morgan fingerprint density at radius 2 is 1.70 bits per heavy atom. The Kier molecular flexibility index (Phi) is 10.7. The Morgan fingerprint density at radius 1 is 0.955 bits per heavy atom. The van der Waals surface area contributed by atoms with Gasteiger partial charge >= 0.3 is 0 Å². The van der Waals surface area contributed by atoms with E-state index >= 15 is 0 Å². The van der Waals surface area contributed by atoms with Crippen molar-refractivity contribution < 1.29 is 27.7 Å². The average Bonchev–Trinajstić information content (AvgIpc) is 3.02. The van der Waals surface area contributed by atoms with Crippen molar-refractivity contribution in [3.8, 4) is 5.75 Å². The fraction of sp³-hybridized carbons (Fsp3) is 0.0968. The van der Waals surface area contributed by atoms with Gasteiger partial charge in [-0.3, -0.25) is 19.7 Å². The van der Waals surface area contributed by atoms with Crippen LogP contribution >= 0.6 is 11.8 Å². The van der Waals surface area contributed by atoms with Crippen molar-refractivity contribution in [1.82, 2.24) is 4.72 Å². The van der Waals surface area contributed by atoms with Crippen molar-refractivity contribution in [2.45, 2.75) is 9.79 Å². The predicted molar refractivity (Wildman–Crippen MR) is 171 cm³/mol. The lowest BCUT2D eigenvalue weighted by Crippen LogP contribution is -2.30. The number of sulfonamides is 1. The maximum absolute atomic E-state index is 12.9. The number of nitrogens with zero attached hydrogens (tertiary/aromatic N) is 1. The van der Waals surface area contributed by atoms with E-state index in [0.29, 0.717) is 23.7 Å². The van der Waals surface area contributed by atoms with Crippen LogP contribution in [0.25, 0.3) is 6.08 Å². The summed E-state index contributed by atoms with van der Waals surface area (Å²) in [7, 11) is -2.89. The van der Waals surface area contributed by atoms with E-state index in [4.69, 9.17) is 4.74 Å². The molecule has 0 atom stereocenters. The van der Waals surface area contributed by atoms with Crippen LogP contribution in [-0.2, 0) is 14.8 Å². The number of methoxy groups -OCH3 is 1. The molecule has 0 heterocycles. The molecule has 4 aromatic carbocycles. The van der Waals surface area contributed by atoms with E-state index in [1.165, 1.54) is 42.5 Å². The van der Waals surface area contributed by atoms with Crippen LogP contribution < -0.4 is 20.1 Å². The molecule has 0 aromatic heterocycles. The molecule has 0 aliphatic rings. The zero-order valence-corrected chi connectivity index (χ0v) is 25.1. The second-order valence-electron chi connectivity index (χ2n) is 9.14. The maximum Gasteiger partial charge on any atom is 0.293 e. The standard InChI is InChI=1S/C31H28N4O7S2/c1-42-25-7-5-6-22(20-25)10-17-30(36)33-24-13-11-23(12-14-24)31(37)34-44(40,41)27-15-16-28(29(21-27)35(38)39)32-18-19-43-26-8-3-2-4-9-26/h2-17,20-21,32H,18-19H2,1H3,(H,33,36)(H,34,37). The molecule has 11 nitrogen and oxygen atoms in total. The van der Waals surface area contributed by atoms with E-state index in [0.717, 1.165) is 16.5 Å². The zero-order chi connectivity index (χ0) is 31.5. The van der Waals surface area contributed by atoms with Gasteiger partial charge in [0, 0.05) is 40.6 Å². The number of nitro groups is 1. The Bertz CT molecular complexity index is 1780. The zero-order valence-electron chi connectivity index (χ0n) is 23.4. The molecule has 2 amide bonds. The van der Waals surface area contributed by atoms with E-state index in [1.54, 1.807) is 43.1 Å². The summed E-state index contributed by atoms with van der Waals surface area (Å²) in [4.78, 5) is 36.6. The van der Waals surface area contributed by atoms with E-state index in [-0.39, 0.29) is 11.3 Å². The largest absolute Gasteiger partial charge is 0.497 e. The van der Waals surface area contributed by atoms with Crippen LogP contribution in [0.15, 0.2) is 113 Å². The molecular weight excluding hydrogens is 604 g/mol. The number of rotatable bonds is 13. The lowest BCUT2D eigenvalue weighted by atomic mass is 10.2. The molecule has 3 N–H and O–H groups in total. The van der Waals surface area contributed by atoms with Gasteiger partial charge in [0.25, 0.3) is 21.6 Å². The van der Waals surface area contributed by atoms with Crippen molar-refractivity contribution >= 4 is 56.7 Å². The molecule has 44 heavy (non-hydrogen) atoms. The monoisotopic (exact) mass is 632 g/mol. The van der Waals surface area contributed by atoms with E-state index in [2.05, 4.69) is 10.6 Å². The minimum absolute atomic E-state index is 0.00204. The number of nitro benzene ring substituents is 1. The third kappa shape index (κ3) is 8.93. The maximum atomic E-state index is 12.9. The third-order valence-electron chi connectivity index (χ3n) is 6.07. The summed E-state index contributed by atoms with van der Waals surface area (Å²) in [6.07, 6.45) is 2.95. The van der Waals surface area contributed by atoms with Gasteiger partial charge in [0.2, 0.25) is 5.91 Å². The molecule has 0 spiro atoms. The Hall–Kier alpha value is -5.14. The number of carbonyl (C=O) groups excluding carboxylic acids is 2. The molecule has 13 heteroatoms. The number of ether oxygens (including phenoxy) is 1. The lowest BCUT2D eigenvalue weighted by molar-refractivity contribution is -0.384. The van der Waals surface area contributed by atoms with Crippen LogP contribution in [0.1, 0.15) is 15.9 Å². The first kappa shape index (κ1) is 31.8. The fourth-order valence-corrected chi connectivity index (χ4v) is 5.68. The van der Waals surface area contributed by atoms with Gasteiger partial charge < -0.3 is 15.4 Å². The van der Waals surface area contributed by atoms with Crippen LogP contribution in [0.2, 0.25) is 0 Å². The highest BCUT2D eigenvalue weighted by atomic mass is 32.2. The van der Waals surface area contributed by atoms with E-state index < -0.39 is 37.3 Å². The van der Waals surface area contributed by atoms with Gasteiger partial charge in [-0.15, -0.1) is 11.8 Å². The SMILES string of the molecule is COc1cccc(C=CC(=O)Nc2ccc(C(=O)NS(=O)(=O)c3ccc(NCCSc4ccccc4)c([N+](=O)[O-])c3)cc2)c1. The van der Waals surface area contributed by atoms with Crippen molar-refractivity contribution in [1.29, 1.82) is 0 Å². The number of hydrogen-bond donors (Lipinski definition) is 3. The highest BCUT2D eigenvalue weighted by Crippen LogP contribution is 2.28. The first-order valence-electron chi connectivity index (χ1n) is 13.1. The molecule has 0 fully saturated rings. The summed E-state index contributed by atoms with van der Waals surface area (Å²) in [5.41, 5.74) is 0.866. The summed E-state index contributed by atoms with van der Waals surface area (Å²) in [6, 6.07) is 25.8. The molecule has 0 radical (unpaired) electrons. The van der Waals surface area contributed by atoms with Gasteiger partial charge in [-0.2, -0.15) is 0 Å². The number of carbonyl (C=O) groups is 2. The summed E-state index contributed by atoms with van der Waals surface area (Å²) in [5, 5.41) is 17.3. The normalized spacial score (nSPS) is 11.1. The van der Waals surface area contributed by atoms with Gasteiger partial charge in [-0.05, 0) is 72.3 Å². The molecule has 0 aliphatic heterocycles. The van der Waals surface area contributed by atoms with Crippen molar-refractivity contribution in [2.24, 2.45) is 0 Å². The quantitative estimate of drug-likeness (QED) is 0.0563. The number of benzene rings is 4. The molecule has 0 unspecified atom stereocenters. The van der Waals surface area contributed by atoms with Crippen molar-refractivity contribution in [3.63, 3.8) is 0 Å². The van der Waals surface area contributed by atoms with Crippen LogP contribution in [0, 0.1) is 10.1 Å². The van der Waals surface area contributed by atoms with E-state index in [1.807, 2.05) is 41.1 Å². The van der Waals surface area contributed by atoms with Gasteiger partial charge in [-0.1, -0.05) is 30.3 Å². The Morgan fingerprint density at radius 3 is 2.41 bits per heavy atom. The lowest BCUT2D eigenvalue weighted by Gasteiger charge is -2.11. The molecule has 0 aliphatic carbocycles. The first-order valence-corrected chi connectivity index (χ1v) is 15.6. The number of amides is 2. The van der Waals surface area contributed by atoms with Crippen molar-refractivity contribution in [2.75, 3.05) is 30.0 Å². The molecule has 4 rings (SSSR count). The third-order valence-corrected chi connectivity index (χ3v) is 8.41. The summed E-state index contributed by atoms with van der Waals surface area (Å²) in [5.74, 6) is -0.0782. The summed E-state index contributed by atoms with van der Waals surface area (Å²) >= 11 is 1.57. The van der Waals surface area contributed by atoms with Crippen molar-refractivity contribution in [3.05, 3.63) is 124 Å². The van der Waals surface area contributed by atoms with Crippen LogP contribution in [0.4, 0.5) is 17.1 Å². The Labute approximate surface area is 258 Å². The molecule has 0 bridgehead atoms. The van der Waals surface area contributed by atoms with Crippen LogP contribution in [0.3, 0.4) is 0 Å². The highest BCUT2D eigenvalue weighted by Gasteiger charge is 2.24. The average molecular weight is 633 g/mol. The fourth-order valence-electron chi connectivity index (χ4n) is 3.90. The van der Waals surface area contributed by atoms with Gasteiger partial charge in [0.15, 0.2) is 0 Å². The Balaban J connectivity index is 1.35. The minimum Gasteiger partial charge on any atom is -0.497 e. The van der Waals surface area contributed by atoms with E-state index in [9.17, 15) is 28.1 Å². The molecule has 0 saturated heterocycles.